The van der Waals surface area contributed by atoms with E-state index in [1.807, 2.05) is 13.0 Å². The number of halogens is 1. The lowest BCUT2D eigenvalue weighted by Gasteiger charge is -2.23. The van der Waals surface area contributed by atoms with Gasteiger partial charge >= 0.3 is 0 Å². The summed E-state index contributed by atoms with van der Waals surface area (Å²) in [6.07, 6.45) is 3.41. The summed E-state index contributed by atoms with van der Waals surface area (Å²) in [6.45, 7) is 8.51. The minimum atomic E-state index is -0.274. The molecule has 0 radical (unpaired) electrons. The zero-order valence-electron chi connectivity index (χ0n) is 14.3. The summed E-state index contributed by atoms with van der Waals surface area (Å²) >= 11 is 0. The third-order valence-corrected chi connectivity index (χ3v) is 3.27. The lowest BCUT2D eigenvalue weighted by atomic mass is 10.1. The summed E-state index contributed by atoms with van der Waals surface area (Å²) in [7, 11) is 1.71. The van der Waals surface area contributed by atoms with Crippen LogP contribution in [0.2, 0.25) is 0 Å². The molecule has 0 aliphatic heterocycles. The predicted molar refractivity (Wildman–Crippen MR) is 91.3 cm³/mol. The third-order valence-electron chi connectivity index (χ3n) is 3.27. The molecule has 1 aromatic carbocycles. The lowest BCUT2D eigenvalue weighted by Crippen LogP contribution is -2.47. The van der Waals surface area contributed by atoms with Crippen LogP contribution in [0.5, 0.6) is 0 Å². The van der Waals surface area contributed by atoms with Crippen molar-refractivity contribution in [1.29, 1.82) is 0 Å². The van der Waals surface area contributed by atoms with E-state index in [0.29, 0.717) is 18.2 Å². The Hall–Kier alpha value is -2.37. The van der Waals surface area contributed by atoms with Crippen molar-refractivity contribution in [2.24, 2.45) is 4.99 Å². The van der Waals surface area contributed by atoms with E-state index in [2.05, 4.69) is 41.4 Å². The maximum Gasteiger partial charge on any atom is 0.191 e. The van der Waals surface area contributed by atoms with Gasteiger partial charge in [-0.15, -0.1) is 0 Å². The summed E-state index contributed by atoms with van der Waals surface area (Å²) in [4.78, 5) is 8.29. The molecule has 23 heavy (non-hydrogen) atoms. The molecule has 0 spiro atoms. The molecule has 124 valence electrons. The van der Waals surface area contributed by atoms with E-state index < -0.39 is 0 Å². The fourth-order valence-electron chi connectivity index (χ4n) is 2.21. The first-order valence-corrected chi connectivity index (χ1v) is 7.58. The van der Waals surface area contributed by atoms with E-state index in [-0.39, 0.29) is 11.4 Å². The molecule has 0 bridgehead atoms. The van der Waals surface area contributed by atoms with Crippen molar-refractivity contribution in [3.63, 3.8) is 0 Å². The number of rotatable bonds is 3. The molecular formula is C17H24FN5. The van der Waals surface area contributed by atoms with Crippen LogP contribution in [0.3, 0.4) is 0 Å². The summed E-state index contributed by atoms with van der Waals surface area (Å²) in [5, 5.41) is 6.45. The number of nitrogens with one attached hydrogen (secondary N) is 2. The zero-order valence-corrected chi connectivity index (χ0v) is 14.3. The summed E-state index contributed by atoms with van der Waals surface area (Å²) in [6, 6.07) is 5.20. The van der Waals surface area contributed by atoms with Gasteiger partial charge in [-0.05, 0) is 45.4 Å². The van der Waals surface area contributed by atoms with Crippen LogP contribution < -0.4 is 10.6 Å². The van der Waals surface area contributed by atoms with Crippen molar-refractivity contribution in [1.82, 2.24) is 20.2 Å². The molecule has 0 saturated carbocycles. The van der Waals surface area contributed by atoms with Crippen LogP contribution in [-0.4, -0.2) is 28.1 Å². The fraction of sp³-hybridized carbons (Fsp3) is 0.412. The Bertz CT molecular complexity index is 697. The van der Waals surface area contributed by atoms with Crippen molar-refractivity contribution in [2.45, 2.75) is 39.8 Å². The summed E-state index contributed by atoms with van der Waals surface area (Å²) in [5.41, 5.74) is 1.26. The molecule has 0 saturated heterocycles. The van der Waals surface area contributed by atoms with Gasteiger partial charge in [0.25, 0.3) is 0 Å². The first kappa shape index (κ1) is 17.0. The molecule has 2 rings (SSSR count). The normalized spacial score (nSPS) is 12.3. The quantitative estimate of drug-likeness (QED) is 0.676. The molecule has 1 heterocycles. The number of aryl methyl sites for hydroxylation is 1. The van der Waals surface area contributed by atoms with E-state index in [1.54, 1.807) is 30.1 Å². The van der Waals surface area contributed by atoms with E-state index in [0.717, 1.165) is 11.4 Å². The monoisotopic (exact) mass is 317 g/mol. The molecular weight excluding hydrogens is 293 g/mol. The van der Waals surface area contributed by atoms with Crippen LogP contribution in [-0.2, 0) is 6.54 Å². The molecule has 0 fully saturated rings. The lowest BCUT2D eigenvalue weighted by molar-refractivity contribution is 0.501. The van der Waals surface area contributed by atoms with Gasteiger partial charge in [0, 0.05) is 31.5 Å². The van der Waals surface area contributed by atoms with Crippen LogP contribution in [0, 0.1) is 12.7 Å². The third kappa shape index (κ3) is 4.55. The van der Waals surface area contributed by atoms with Gasteiger partial charge in [-0.3, -0.25) is 4.99 Å². The van der Waals surface area contributed by atoms with Gasteiger partial charge in [0.2, 0.25) is 0 Å². The highest BCUT2D eigenvalue weighted by Gasteiger charge is 2.12. The maximum absolute atomic E-state index is 14.3. The standard InChI is InChI=1S/C17H24FN5/c1-12-20-8-9-23(12)15-7-6-13(10-14(15)18)11-21-16(19-5)22-17(2,3)4/h6-10H,11H2,1-5H3,(H2,19,21,22). The number of hydrogen-bond acceptors (Lipinski definition) is 2. The molecule has 2 N–H and O–H groups in total. The van der Waals surface area contributed by atoms with Gasteiger partial charge in [0.1, 0.15) is 11.6 Å². The van der Waals surface area contributed by atoms with Gasteiger partial charge < -0.3 is 15.2 Å². The number of imidazole rings is 1. The molecule has 2 aromatic rings. The second-order valence-corrected chi connectivity index (χ2v) is 6.43. The Morgan fingerprint density at radius 3 is 2.61 bits per heavy atom. The van der Waals surface area contributed by atoms with Crippen molar-refractivity contribution in [3.05, 3.63) is 47.8 Å². The average molecular weight is 317 g/mol. The molecule has 5 nitrogen and oxygen atoms in total. The van der Waals surface area contributed by atoms with E-state index in [1.165, 1.54) is 6.07 Å². The highest BCUT2D eigenvalue weighted by atomic mass is 19.1. The number of aliphatic imine (C=N–C) groups is 1. The van der Waals surface area contributed by atoms with Crippen LogP contribution in [0.15, 0.2) is 35.6 Å². The van der Waals surface area contributed by atoms with Crippen LogP contribution in [0.4, 0.5) is 4.39 Å². The van der Waals surface area contributed by atoms with Gasteiger partial charge in [-0.2, -0.15) is 0 Å². The van der Waals surface area contributed by atoms with Crippen LogP contribution in [0.25, 0.3) is 5.69 Å². The summed E-state index contributed by atoms with van der Waals surface area (Å²) in [5.74, 6) is 1.17. The second-order valence-electron chi connectivity index (χ2n) is 6.43. The smallest absolute Gasteiger partial charge is 0.191 e. The SMILES string of the molecule is CN=C(NCc1ccc(-n2ccnc2C)c(F)c1)NC(C)(C)C. The van der Waals surface area contributed by atoms with Crippen molar-refractivity contribution in [2.75, 3.05) is 7.05 Å². The second kappa shape index (κ2) is 6.81. The minimum Gasteiger partial charge on any atom is -0.352 e. The Morgan fingerprint density at radius 1 is 1.35 bits per heavy atom. The van der Waals surface area contributed by atoms with Crippen LogP contribution in [0.1, 0.15) is 32.2 Å². The molecule has 0 unspecified atom stereocenters. The zero-order chi connectivity index (χ0) is 17.0. The summed E-state index contributed by atoms with van der Waals surface area (Å²) < 4.78 is 16.1. The topological polar surface area (TPSA) is 54.2 Å². The minimum absolute atomic E-state index is 0.0874. The fourth-order valence-corrected chi connectivity index (χ4v) is 2.21. The van der Waals surface area contributed by atoms with E-state index >= 15 is 0 Å². The Kier molecular flexibility index (Phi) is 5.03. The van der Waals surface area contributed by atoms with E-state index in [9.17, 15) is 4.39 Å². The first-order valence-electron chi connectivity index (χ1n) is 7.58. The molecule has 6 heteroatoms. The number of aromatic nitrogens is 2. The van der Waals surface area contributed by atoms with Crippen molar-refractivity contribution in [3.8, 4) is 5.69 Å². The number of benzene rings is 1. The Labute approximate surface area is 136 Å². The first-order chi connectivity index (χ1) is 10.8. The van der Waals surface area contributed by atoms with Gasteiger partial charge in [0.15, 0.2) is 5.96 Å². The molecule has 1 aromatic heterocycles. The number of hydrogen-bond donors (Lipinski definition) is 2. The number of guanidine groups is 1. The van der Waals surface area contributed by atoms with E-state index in [4.69, 9.17) is 0 Å². The average Bonchev–Trinajstić information content (AvgIpc) is 2.88. The Morgan fingerprint density at radius 2 is 2.09 bits per heavy atom. The molecule has 0 atom stereocenters. The van der Waals surface area contributed by atoms with Crippen LogP contribution >= 0.6 is 0 Å². The highest BCUT2D eigenvalue weighted by Crippen LogP contribution is 2.16. The molecule has 0 aliphatic rings. The number of nitrogens with zero attached hydrogens (tertiary/aromatic N) is 3. The molecule has 0 aliphatic carbocycles. The van der Waals surface area contributed by atoms with Crippen molar-refractivity contribution >= 4 is 5.96 Å². The highest BCUT2D eigenvalue weighted by molar-refractivity contribution is 5.80. The van der Waals surface area contributed by atoms with Crippen molar-refractivity contribution < 1.29 is 4.39 Å². The maximum atomic E-state index is 14.3. The van der Waals surface area contributed by atoms with Gasteiger partial charge in [-0.25, -0.2) is 9.37 Å². The Balaban J connectivity index is 2.08. The largest absolute Gasteiger partial charge is 0.352 e. The predicted octanol–water partition coefficient (Wildman–Crippen LogP) is 2.78. The van der Waals surface area contributed by atoms with Gasteiger partial charge in [0.05, 0.1) is 5.69 Å². The molecule has 0 amide bonds. The van der Waals surface area contributed by atoms with Gasteiger partial charge in [-0.1, -0.05) is 6.07 Å².